The lowest BCUT2D eigenvalue weighted by atomic mass is 9.91. The molecule has 420 valence electrons. The van der Waals surface area contributed by atoms with E-state index in [1.54, 1.807) is 24.3 Å². The maximum atomic E-state index is 16.0. The van der Waals surface area contributed by atoms with Crippen LogP contribution in [0, 0.1) is 0 Å². The maximum absolute atomic E-state index is 16.0. The standard InChI is InChI=1S/C66H49NO14S3/c1-37(2)46-20-13-21-47(38(3)4)61(46)67-65(68)53-35-56(80-62-48(39-15-7-5-8-16-39)22-14-23-49(62)40-17-9-6-10-18-40)59-50-19-11-12-24-55(50)79-64-57(36-54(66(67)69)58(53)60(59)64)81-63-51(41-25-29-43(30-26-41)82(70,71)72)33-45(84(76,77)78)34-52(63)42-27-31-44(32-28-42)83(73,74)75/h5-38H,1-4H3,(H,70,71,72)(H,73,74,75)(H,76,77,78). The van der Waals surface area contributed by atoms with Gasteiger partial charge in [0, 0.05) is 43.8 Å². The Hall–Kier alpha value is -9.27. The first-order chi connectivity index (χ1) is 40.1. The number of fused-ring (bicyclic) bond motifs is 2. The van der Waals surface area contributed by atoms with Gasteiger partial charge in [0.25, 0.3) is 41.5 Å². The Bertz CT molecular complexity index is 4940. The molecule has 12 rings (SSSR count). The van der Waals surface area contributed by atoms with Crippen LogP contribution in [0.1, 0.15) is 50.7 Å². The van der Waals surface area contributed by atoms with E-state index in [0.717, 1.165) is 69.8 Å². The fraction of sp³-hybridized carbons (Fsp3) is 0.0909. The quantitative estimate of drug-likeness (QED) is 0.0522. The minimum atomic E-state index is -5.08. The van der Waals surface area contributed by atoms with Crippen molar-refractivity contribution in [1.82, 2.24) is 4.57 Å². The van der Waals surface area contributed by atoms with Gasteiger partial charge in [-0.15, -0.1) is 0 Å². The molecule has 15 nitrogen and oxygen atoms in total. The Labute approximate surface area is 481 Å². The summed E-state index contributed by atoms with van der Waals surface area (Å²) in [4.78, 5) is 30.3. The lowest BCUT2D eigenvalue weighted by Gasteiger charge is -2.24. The van der Waals surface area contributed by atoms with E-state index in [1.807, 2.05) is 131 Å². The van der Waals surface area contributed by atoms with Crippen LogP contribution in [0.4, 0.5) is 0 Å². The van der Waals surface area contributed by atoms with Crippen LogP contribution >= 0.6 is 0 Å². The molecule has 10 aromatic carbocycles. The zero-order chi connectivity index (χ0) is 59.1. The summed E-state index contributed by atoms with van der Waals surface area (Å²) in [5.41, 5.74) is 3.82. The minimum absolute atomic E-state index is 0.00952. The molecule has 0 aliphatic heterocycles. The van der Waals surface area contributed by atoms with E-state index in [9.17, 15) is 38.9 Å². The number of benzene rings is 10. The summed E-state index contributed by atoms with van der Waals surface area (Å²) in [6.07, 6.45) is 0. The summed E-state index contributed by atoms with van der Waals surface area (Å²) in [5, 5.41) is 1.42. The van der Waals surface area contributed by atoms with Crippen LogP contribution in [0.3, 0.4) is 0 Å². The van der Waals surface area contributed by atoms with Crippen molar-refractivity contribution >= 4 is 73.8 Å². The third-order valence-corrected chi connectivity index (χ3v) is 17.6. The summed E-state index contributed by atoms with van der Waals surface area (Å²) in [7, 11) is -14.6. The van der Waals surface area contributed by atoms with Gasteiger partial charge in [-0.1, -0.05) is 167 Å². The van der Waals surface area contributed by atoms with Gasteiger partial charge in [0.1, 0.15) is 22.8 Å². The predicted molar refractivity (Wildman–Crippen MR) is 324 cm³/mol. The maximum Gasteiger partial charge on any atom is 0.294 e. The number of hydrogen-bond donors (Lipinski definition) is 3. The van der Waals surface area contributed by atoms with Crippen molar-refractivity contribution in [3.8, 4) is 73.2 Å². The summed E-state index contributed by atoms with van der Waals surface area (Å²) in [6.45, 7) is 7.88. The molecule has 0 saturated carbocycles. The Morgan fingerprint density at radius 2 is 0.821 bits per heavy atom. The number of para-hydroxylation sites is 3. The molecule has 0 aliphatic carbocycles. The molecule has 12 aromatic rings. The molecule has 84 heavy (non-hydrogen) atoms. The Morgan fingerprint density at radius 3 is 1.30 bits per heavy atom. The minimum Gasteiger partial charge on any atom is -0.455 e. The van der Waals surface area contributed by atoms with E-state index >= 15 is 9.59 Å². The van der Waals surface area contributed by atoms with Gasteiger partial charge in [0.05, 0.1) is 31.1 Å². The summed E-state index contributed by atoms with van der Waals surface area (Å²) < 4.78 is 129. The summed E-state index contributed by atoms with van der Waals surface area (Å²) in [6, 6.07) is 52.5. The van der Waals surface area contributed by atoms with Crippen molar-refractivity contribution in [3.05, 3.63) is 226 Å². The second-order valence-corrected chi connectivity index (χ2v) is 25.1. The molecule has 0 spiro atoms. The molecular formula is C66H49NO14S3. The van der Waals surface area contributed by atoms with Crippen molar-refractivity contribution in [2.75, 3.05) is 0 Å². The molecule has 0 atom stereocenters. The van der Waals surface area contributed by atoms with E-state index in [0.29, 0.717) is 27.8 Å². The van der Waals surface area contributed by atoms with Crippen LogP contribution < -0.4 is 20.6 Å². The van der Waals surface area contributed by atoms with Crippen LogP contribution in [0.5, 0.6) is 23.0 Å². The van der Waals surface area contributed by atoms with Gasteiger partial charge in [0.15, 0.2) is 11.3 Å². The Kier molecular flexibility index (Phi) is 13.7. The smallest absolute Gasteiger partial charge is 0.294 e. The lowest BCUT2D eigenvalue weighted by Crippen LogP contribution is -2.34. The molecule has 0 aliphatic rings. The van der Waals surface area contributed by atoms with Crippen LogP contribution in [-0.2, 0) is 30.4 Å². The van der Waals surface area contributed by atoms with Crippen LogP contribution in [-0.4, -0.2) is 43.5 Å². The molecular weight excluding hydrogens is 1130 g/mol. The third kappa shape index (κ3) is 9.77. The van der Waals surface area contributed by atoms with Gasteiger partial charge in [-0.25, -0.2) is 4.57 Å². The number of hydrogen-bond acceptors (Lipinski definition) is 11. The highest BCUT2D eigenvalue weighted by Crippen LogP contribution is 2.52. The highest BCUT2D eigenvalue weighted by Gasteiger charge is 2.31. The summed E-state index contributed by atoms with van der Waals surface area (Å²) in [5.74, 6) is -0.0863. The van der Waals surface area contributed by atoms with Crippen molar-refractivity contribution in [2.24, 2.45) is 0 Å². The molecule has 0 saturated heterocycles. The van der Waals surface area contributed by atoms with Crippen LogP contribution in [0.25, 0.3) is 93.7 Å². The fourth-order valence-corrected chi connectivity index (χ4v) is 12.6. The van der Waals surface area contributed by atoms with Gasteiger partial charge in [-0.3, -0.25) is 23.2 Å². The number of aromatic nitrogens is 1. The van der Waals surface area contributed by atoms with E-state index in [-0.39, 0.29) is 78.5 Å². The number of nitrogens with zero attached hydrogens (tertiary/aromatic N) is 1. The topological polar surface area (TPSA) is 234 Å². The highest BCUT2D eigenvalue weighted by atomic mass is 32.2. The van der Waals surface area contributed by atoms with Crippen molar-refractivity contribution < 1.29 is 52.8 Å². The Balaban J connectivity index is 1.26. The van der Waals surface area contributed by atoms with Gasteiger partial charge < -0.3 is 13.9 Å². The highest BCUT2D eigenvalue weighted by molar-refractivity contribution is 7.86. The van der Waals surface area contributed by atoms with Crippen LogP contribution in [0.15, 0.2) is 223 Å². The molecule has 0 radical (unpaired) electrons. The van der Waals surface area contributed by atoms with Crippen molar-refractivity contribution in [1.29, 1.82) is 0 Å². The number of pyridine rings is 1. The zero-order valence-electron chi connectivity index (χ0n) is 45.1. The zero-order valence-corrected chi connectivity index (χ0v) is 47.6. The average molecular weight is 1180 g/mol. The molecule has 3 N–H and O–H groups in total. The second-order valence-electron chi connectivity index (χ2n) is 20.9. The molecule has 2 aromatic heterocycles. The first-order valence-corrected chi connectivity index (χ1v) is 30.8. The number of ether oxygens (including phenoxy) is 2. The van der Waals surface area contributed by atoms with E-state index < -0.39 is 56.2 Å². The van der Waals surface area contributed by atoms with Gasteiger partial charge >= 0.3 is 0 Å². The molecule has 0 fully saturated rings. The average Bonchev–Trinajstić information content (AvgIpc) is 0.738. The fourth-order valence-electron chi connectivity index (χ4n) is 11.1. The van der Waals surface area contributed by atoms with Gasteiger partial charge in [-0.05, 0) is 99.8 Å². The van der Waals surface area contributed by atoms with Gasteiger partial charge in [0.2, 0.25) is 0 Å². The second kappa shape index (κ2) is 20.9. The SMILES string of the molecule is CC(C)c1cccc(C(C)C)c1-n1c(=O)c2cc(Oc3c(-c4ccc(S(=O)(=O)O)cc4)cc(S(=O)(=O)O)cc3-c3ccc(S(=O)(=O)O)cc3)c3oc4ccccc4c4c(Oc5c(-c6ccccc6)cccc5-c5ccccc5)cc(c1=O)c2c34. The predicted octanol–water partition coefficient (Wildman–Crippen LogP) is 15.1. The molecule has 2 heterocycles. The van der Waals surface area contributed by atoms with E-state index in [4.69, 9.17) is 13.9 Å². The Morgan fingerprint density at radius 1 is 0.405 bits per heavy atom. The summed E-state index contributed by atoms with van der Waals surface area (Å²) >= 11 is 0. The molecule has 0 bridgehead atoms. The third-order valence-electron chi connectivity index (χ3n) is 15.0. The monoisotopic (exact) mass is 1180 g/mol. The molecule has 0 unspecified atom stereocenters. The normalized spacial score (nSPS) is 12.3. The van der Waals surface area contributed by atoms with E-state index in [1.165, 1.54) is 34.9 Å². The van der Waals surface area contributed by atoms with Gasteiger partial charge in [-0.2, -0.15) is 25.3 Å². The van der Waals surface area contributed by atoms with Crippen molar-refractivity contribution in [2.45, 2.75) is 54.2 Å². The number of rotatable bonds is 14. The van der Waals surface area contributed by atoms with Crippen molar-refractivity contribution in [3.63, 3.8) is 0 Å². The first kappa shape index (κ1) is 55.3. The molecule has 0 amide bonds. The van der Waals surface area contributed by atoms with E-state index in [2.05, 4.69) is 0 Å². The first-order valence-electron chi connectivity index (χ1n) is 26.4. The molecule has 18 heteroatoms. The largest absolute Gasteiger partial charge is 0.455 e. The van der Waals surface area contributed by atoms with Crippen LogP contribution in [0.2, 0.25) is 0 Å². The lowest BCUT2D eigenvalue weighted by molar-refractivity contribution is 0.476.